The average molecular weight is 274 g/mol. The highest BCUT2D eigenvalue weighted by Crippen LogP contribution is 2.34. The van der Waals surface area contributed by atoms with Crippen molar-refractivity contribution in [2.45, 2.75) is 18.8 Å². The zero-order valence-corrected chi connectivity index (χ0v) is 11.3. The van der Waals surface area contributed by atoms with Gasteiger partial charge in [0.15, 0.2) is 11.5 Å². The van der Waals surface area contributed by atoms with Crippen LogP contribution in [0.5, 0.6) is 11.5 Å². The van der Waals surface area contributed by atoms with Crippen molar-refractivity contribution >= 4 is 17.3 Å². The Morgan fingerprint density at radius 2 is 1.70 bits per heavy atom. The van der Waals surface area contributed by atoms with E-state index in [1.54, 1.807) is 18.2 Å². The van der Waals surface area contributed by atoms with Crippen LogP contribution in [0, 0.1) is 0 Å². The molecule has 6 nitrogen and oxygen atoms in total. The highest BCUT2D eigenvalue weighted by molar-refractivity contribution is 6.65. The van der Waals surface area contributed by atoms with Crippen LogP contribution < -0.4 is 9.47 Å². The minimum atomic E-state index is -0.441. The van der Waals surface area contributed by atoms with Crippen LogP contribution in [0.25, 0.3) is 5.53 Å². The van der Waals surface area contributed by atoms with Crippen molar-refractivity contribution in [1.29, 1.82) is 0 Å². The Balaban J connectivity index is 2.31. The lowest BCUT2D eigenvalue weighted by Crippen LogP contribution is -2.33. The molecule has 0 spiro atoms. The van der Waals surface area contributed by atoms with Crippen LogP contribution >= 0.6 is 0 Å². The quantitative estimate of drug-likeness (QED) is 0.615. The lowest BCUT2D eigenvalue weighted by molar-refractivity contribution is -0.127. The molecule has 0 saturated heterocycles. The Labute approximate surface area is 115 Å². The molecule has 20 heavy (non-hydrogen) atoms. The van der Waals surface area contributed by atoms with E-state index < -0.39 is 11.6 Å². The molecule has 0 aliphatic heterocycles. The largest absolute Gasteiger partial charge is 0.493 e. The molecule has 2 rings (SSSR count). The molecule has 0 atom stereocenters. The van der Waals surface area contributed by atoms with Crippen molar-refractivity contribution < 1.29 is 23.9 Å². The van der Waals surface area contributed by atoms with E-state index in [1.165, 1.54) is 14.2 Å². The zero-order valence-electron chi connectivity index (χ0n) is 11.3. The Morgan fingerprint density at radius 3 is 2.20 bits per heavy atom. The molecule has 1 aliphatic rings. The summed E-state index contributed by atoms with van der Waals surface area (Å²) in [7, 11) is 3.06. The summed E-state index contributed by atoms with van der Waals surface area (Å²) in [6, 6.07) is 5.29. The molecule has 0 heterocycles. The van der Waals surface area contributed by atoms with Crippen molar-refractivity contribution in [3.8, 4) is 11.5 Å². The summed E-state index contributed by atoms with van der Waals surface area (Å²) >= 11 is 0. The number of hydrogen-bond acceptors (Lipinski definition) is 4. The number of methoxy groups -OCH3 is 2. The third-order valence-corrected chi connectivity index (χ3v) is 3.37. The van der Waals surface area contributed by atoms with Crippen LogP contribution in [0.15, 0.2) is 18.2 Å². The molecule has 0 N–H and O–H groups in total. The first-order valence-corrected chi connectivity index (χ1v) is 6.11. The number of Topliss-reactive ketones (excluding diaryl/α,β-unsaturated/α-hetero) is 2. The standard InChI is InChI=1S/C14H14N2O4/c1-19-12-4-3-8(7-13(12)20-2)9-5-10(17)14(16-15)11(18)6-9/h3-4,7,9H,5-6H2,1-2H3. The van der Waals surface area contributed by atoms with Gasteiger partial charge in [-0.2, -0.15) is 4.79 Å². The molecular formula is C14H14N2O4. The highest BCUT2D eigenvalue weighted by atomic mass is 16.5. The maximum Gasteiger partial charge on any atom is 0.400 e. The number of nitrogens with zero attached hydrogens (tertiary/aromatic N) is 2. The molecule has 0 aromatic heterocycles. The number of ketones is 2. The van der Waals surface area contributed by atoms with Gasteiger partial charge in [0.05, 0.1) is 14.2 Å². The first-order chi connectivity index (χ1) is 9.60. The maximum atomic E-state index is 11.7. The van der Waals surface area contributed by atoms with Gasteiger partial charge in [0.2, 0.25) is 11.6 Å². The number of rotatable bonds is 3. The SMILES string of the molecule is COc1ccc(C2CC(=O)C(=[N+]=[N-])C(=O)C2)cc1OC. The van der Waals surface area contributed by atoms with Gasteiger partial charge in [0, 0.05) is 12.8 Å². The van der Waals surface area contributed by atoms with Crippen molar-refractivity contribution in [1.82, 2.24) is 0 Å². The van der Waals surface area contributed by atoms with Crippen LogP contribution in [-0.4, -0.2) is 36.3 Å². The first kappa shape index (κ1) is 14.0. The van der Waals surface area contributed by atoms with E-state index in [9.17, 15) is 9.59 Å². The Morgan fingerprint density at radius 1 is 1.10 bits per heavy atom. The van der Waals surface area contributed by atoms with Gasteiger partial charge in [-0.25, -0.2) is 0 Å². The van der Waals surface area contributed by atoms with Gasteiger partial charge in [-0.05, 0) is 23.6 Å². The summed E-state index contributed by atoms with van der Waals surface area (Å²) < 4.78 is 10.3. The van der Waals surface area contributed by atoms with E-state index in [0.29, 0.717) is 11.5 Å². The number of ether oxygens (including phenoxy) is 2. The third kappa shape index (κ3) is 2.46. The lowest BCUT2D eigenvalue weighted by Gasteiger charge is -2.19. The Hall–Kier alpha value is -2.46. The molecule has 6 heteroatoms. The second-order valence-electron chi connectivity index (χ2n) is 4.51. The molecule has 1 aliphatic carbocycles. The zero-order chi connectivity index (χ0) is 14.7. The number of carbonyl (C=O) groups is 2. The predicted molar refractivity (Wildman–Crippen MR) is 70.2 cm³/mol. The minimum Gasteiger partial charge on any atom is -0.493 e. The second kappa shape index (κ2) is 5.67. The van der Waals surface area contributed by atoms with Crippen molar-refractivity contribution in [2.75, 3.05) is 14.2 Å². The van der Waals surface area contributed by atoms with E-state index in [4.69, 9.17) is 15.0 Å². The molecule has 0 amide bonds. The molecular weight excluding hydrogens is 260 g/mol. The van der Waals surface area contributed by atoms with Crippen LogP contribution in [0.1, 0.15) is 24.3 Å². The van der Waals surface area contributed by atoms with Gasteiger partial charge in [-0.3, -0.25) is 9.59 Å². The number of hydrogen-bond donors (Lipinski definition) is 0. The number of benzene rings is 1. The van der Waals surface area contributed by atoms with Gasteiger partial charge >= 0.3 is 5.71 Å². The summed E-state index contributed by atoms with van der Waals surface area (Å²) in [5.41, 5.74) is 9.11. The maximum absolute atomic E-state index is 11.7. The summed E-state index contributed by atoms with van der Waals surface area (Å²) in [5.74, 6) is 0.0150. The Bertz CT molecular complexity index is 598. The summed E-state index contributed by atoms with van der Waals surface area (Å²) in [5, 5.41) is 0. The molecule has 1 aromatic carbocycles. The van der Waals surface area contributed by atoms with E-state index in [2.05, 4.69) is 4.79 Å². The molecule has 1 fully saturated rings. The van der Waals surface area contributed by atoms with Gasteiger partial charge in [-0.15, -0.1) is 0 Å². The lowest BCUT2D eigenvalue weighted by atomic mass is 9.81. The van der Waals surface area contributed by atoms with E-state index in [-0.39, 0.29) is 24.5 Å². The van der Waals surface area contributed by atoms with Crippen LogP contribution in [0.4, 0.5) is 0 Å². The fourth-order valence-corrected chi connectivity index (χ4v) is 2.32. The Kier molecular flexibility index (Phi) is 3.96. The topological polar surface area (TPSA) is 89.0 Å². The summed E-state index contributed by atoms with van der Waals surface area (Å²) in [6.07, 6.45) is 0.279. The smallest absolute Gasteiger partial charge is 0.400 e. The molecule has 1 saturated carbocycles. The van der Waals surface area contributed by atoms with Crippen LogP contribution in [-0.2, 0) is 9.59 Å². The third-order valence-electron chi connectivity index (χ3n) is 3.37. The highest BCUT2D eigenvalue weighted by Gasteiger charge is 2.38. The monoisotopic (exact) mass is 274 g/mol. The molecule has 0 radical (unpaired) electrons. The normalized spacial score (nSPS) is 18.7. The van der Waals surface area contributed by atoms with Gasteiger partial charge < -0.3 is 15.0 Å². The van der Waals surface area contributed by atoms with E-state index >= 15 is 0 Å². The number of carbonyl (C=O) groups excluding carboxylic acids is 2. The van der Waals surface area contributed by atoms with Gasteiger partial charge in [0.25, 0.3) is 0 Å². The predicted octanol–water partition coefficient (Wildman–Crippen LogP) is 1.39. The summed E-state index contributed by atoms with van der Waals surface area (Å²) in [6.45, 7) is 0. The fraction of sp³-hybridized carbons (Fsp3) is 0.357. The van der Waals surface area contributed by atoms with Crippen molar-refractivity contribution in [3.05, 3.63) is 29.3 Å². The summed E-state index contributed by atoms with van der Waals surface area (Å²) in [4.78, 5) is 26.2. The fourth-order valence-electron chi connectivity index (χ4n) is 2.32. The van der Waals surface area contributed by atoms with Gasteiger partial charge in [-0.1, -0.05) is 6.07 Å². The van der Waals surface area contributed by atoms with E-state index in [1.807, 2.05) is 0 Å². The van der Waals surface area contributed by atoms with Crippen LogP contribution in [0.3, 0.4) is 0 Å². The van der Waals surface area contributed by atoms with E-state index in [0.717, 1.165) is 5.56 Å². The average Bonchev–Trinajstić information content (AvgIpc) is 2.46. The molecule has 1 aromatic rings. The van der Waals surface area contributed by atoms with Crippen molar-refractivity contribution in [2.24, 2.45) is 0 Å². The van der Waals surface area contributed by atoms with Crippen molar-refractivity contribution in [3.63, 3.8) is 0 Å². The second-order valence-corrected chi connectivity index (χ2v) is 4.51. The minimum absolute atomic E-state index is 0.140. The molecule has 0 unspecified atom stereocenters. The van der Waals surface area contributed by atoms with Gasteiger partial charge in [0.1, 0.15) is 0 Å². The molecule has 104 valence electrons. The first-order valence-electron chi connectivity index (χ1n) is 6.11. The van der Waals surface area contributed by atoms with Crippen LogP contribution in [0.2, 0.25) is 0 Å². The molecule has 0 bridgehead atoms.